The maximum Gasteiger partial charge on any atom is 0.263 e. The average molecular weight is 304 g/mol. The Morgan fingerprint density at radius 1 is 1.10 bits per heavy atom. The normalized spacial score (nSPS) is 11.6. The van der Waals surface area contributed by atoms with Crippen LogP contribution in [-0.4, -0.2) is 8.42 Å². The molecule has 21 heavy (non-hydrogen) atoms. The third-order valence-electron chi connectivity index (χ3n) is 3.28. The van der Waals surface area contributed by atoms with Crippen molar-refractivity contribution in [2.24, 2.45) is 0 Å². The van der Waals surface area contributed by atoms with E-state index < -0.39 is 10.0 Å². The number of aryl methyl sites for hydroxylation is 1. The summed E-state index contributed by atoms with van der Waals surface area (Å²) in [5, 5.41) is 0. The maximum atomic E-state index is 12.5. The molecule has 0 heterocycles. The SMILES string of the molecule is Cc1ccc(S(=O)(=O)Nc2ccccc2C(C)C)c(N)c1. The van der Waals surface area contributed by atoms with Crippen molar-refractivity contribution in [3.63, 3.8) is 0 Å². The van der Waals surface area contributed by atoms with E-state index in [1.807, 2.05) is 39.0 Å². The van der Waals surface area contributed by atoms with E-state index in [0.717, 1.165) is 11.1 Å². The fourth-order valence-electron chi connectivity index (χ4n) is 2.21. The fraction of sp³-hybridized carbons (Fsp3) is 0.250. The van der Waals surface area contributed by atoms with Gasteiger partial charge in [-0.1, -0.05) is 38.1 Å². The third-order valence-corrected chi connectivity index (χ3v) is 4.72. The molecule has 2 aromatic carbocycles. The van der Waals surface area contributed by atoms with Crippen LogP contribution in [0.25, 0.3) is 0 Å². The summed E-state index contributed by atoms with van der Waals surface area (Å²) in [5.74, 6) is 0.222. The molecule has 0 atom stereocenters. The predicted molar refractivity (Wildman–Crippen MR) is 86.9 cm³/mol. The van der Waals surface area contributed by atoms with Gasteiger partial charge in [0.15, 0.2) is 0 Å². The quantitative estimate of drug-likeness (QED) is 0.849. The standard InChI is InChI=1S/C16H20N2O2S/c1-11(2)13-6-4-5-7-15(13)18-21(19,20)16-9-8-12(3)10-14(16)17/h4-11,18H,17H2,1-3H3. The molecule has 0 aliphatic carbocycles. The zero-order valence-corrected chi connectivity index (χ0v) is 13.2. The summed E-state index contributed by atoms with van der Waals surface area (Å²) in [6.45, 7) is 5.91. The molecule has 5 heteroatoms. The van der Waals surface area contributed by atoms with E-state index in [1.54, 1.807) is 18.2 Å². The molecule has 112 valence electrons. The summed E-state index contributed by atoms with van der Waals surface area (Å²) in [6, 6.07) is 12.3. The molecular weight excluding hydrogens is 284 g/mol. The van der Waals surface area contributed by atoms with Gasteiger partial charge >= 0.3 is 0 Å². The molecule has 0 aromatic heterocycles. The van der Waals surface area contributed by atoms with Crippen LogP contribution in [0.4, 0.5) is 11.4 Å². The second-order valence-electron chi connectivity index (χ2n) is 5.39. The number of nitrogens with two attached hydrogens (primary N) is 1. The van der Waals surface area contributed by atoms with Gasteiger partial charge in [0.05, 0.1) is 11.4 Å². The van der Waals surface area contributed by atoms with Gasteiger partial charge in [-0.15, -0.1) is 0 Å². The Balaban J connectivity index is 2.43. The summed E-state index contributed by atoms with van der Waals surface area (Å²) in [5.41, 5.74) is 8.56. The number of anilines is 2. The molecule has 0 fully saturated rings. The highest BCUT2D eigenvalue weighted by atomic mass is 32.2. The largest absolute Gasteiger partial charge is 0.398 e. The Hall–Kier alpha value is -2.01. The zero-order chi connectivity index (χ0) is 15.6. The average Bonchev–Trinajstić information content (AvgIpc) is 2.37. The first-order valence-electron chi connectivity index (χ1n) is 6.79. The maximum absolute atomic E-state index is 12.5. The summed E-state index contributed by atoms with van der Waals surface area (Å²) in [4.78, 5) is 0.103. The molecule has 0 amide bonds. The van der Waals surface area contributed by atoms with Gasteiger partial charge in [-0.3, -0.25) is 4.72 Å². The Kier molecular flexibility index (Phi) is 4.23. The third kappa shape index (κ3) is 3.36. The van der Waals surface area contributed by atoms with Gasteiger partial charge in [0, 0.05) is 0 Å². The Morgan fingerprint density at radius 2 is 1.76 bits per heavy atom. The minimum atomic E-state index is -3.69. The van der Waals surface area contributed by atoms with Crippen LogP contribution in [0.2, 0.25) is 0 Å². The van der Waals surface area contributed by atoms with Gasteiger partial charge in [0.1, 0.15) is 4.90 Å². The van der Waals surface area contributed by atoms with Gasteiger partial charge < -0.3 is 5.73 Å². The molecule has 3 N–H and O–H groups in total. The number of rotatable bonds is 4. The first kappa shape index (κ1) is 15.4. The smallest absolute Gasteiger partial charge is 0.263 e. The first-order valence-corrected chi connectivity index (χ1v) is 8.27. The van der Waals surface area contributed by atoms with Crippen molar-refractivity contribution < 1.29 is 8.42 Å². The van der Waals surface area contributed by atoms with Crippen molar-refractivity contribution in [2.45, 2.75) is 31.6 Å². The van der Waals surface area contributed by atoms with Gasteiger partial charge in [0.2, 0.25) is 0 Å². The van der Waals surface area contributed by atoms with Crippen LogP contribution >= 0.6 is 0 Å². The van der Waals surface area contributed by atoms with Crippen LogP contribution in [0.15, 0.2) is 47.4 Å². The summed E-state index contributed by atoms with van der Waals surface area (Å²) < 4.78 is 27.7. The van der Waals surface area contributed by atoms with Gasteiger partial charge in [-0.05, 0) is 42.2 Å². The second kappa shape index (κ2) is 5.77. The predicted octanol–water partition coefficient (Wildman–Crippen LogP) is 3.50. The number of hydrogen-bond acceptors (Lipinski definition) is 3. The molecular formula is C16H20N2O2S. The number of para-hydroxylation sites is 1. The molecule has 0 aliphatic rings. The highest BCUT2D eigenvalue weighted by Gasteiger charge is 2.19. The van der Waals surface area contributed by atoms with E-state index >= 15 is 0 Å². The van der Waals surface area contributed by atoms with Crippen LogP contribution in [0.5, 0.6) is 0 Å². The minimum Gasteiger partial charge on any atom is -0.398 e. The van der Waals surface area contributed by atoms with E-state index in [4.69, 9.17) is 5.73 Å². The molecule has 0 saturated heterocycles. The Labute approximate surface area is 126 Å². The molecule has 2 rings (SSSR count). The molecule has 2 aromatic rings. The van der Waals surface area contributed by atoms with E-state index in [0.29, 0.717) is 5.69 Å². The van der Waals surface area contributed by atoms with Crippen LogP contribution in [0.1, 0.15) is 30.9 Å². The zero-order valence-electron chi connectivity index (χ0n) is 12.4. The molecule has 4 nitrogen and oxygen atoms in total. The van der Waals surface area contributed by atoms with Gasteiger partial charge in [0.25, 0.3) is 10.0 Å². The molecule has 0 aliphatic heterocycles. The van der Waals surface area contributed by atoms with Crippen molar-refractivity contribution in [2.75, 3.05) is 10.5 Å². The van der Waals surface area contributed by atoms with E-state index in [-0.39, 0.29) is 16.5 Å². The highest BCUT2D eigenvalue weighted by molar-refractivity contribution is 7.92. The summed E-state index contributed by atoms with van der Waals surface area (Å²) in [6.07, 6.45) is 0. The lowest BCUT2D eigenvalue weighted by molar-refractivity contribution is 0.601. The van der Waals surface area contributed by atoms with Gasteiger partial charge in [-0.25, -0.2) is 8.42 Å². The monoisotopic (exact) mass is 304 g/mol. The Bertz CT molecular complexity index is 753. The van der Waals surface area contributed by atoms with E-state index in [1.165, 1.54) is 6.07 Å². The molecule has 0 spiro atoms. The lowest BCUT2D eigenvalue weighted by Crippen LogP contribution is -2.16. The van der Waals surface area contributed by atoms with E-state index in [2.05, 4.69) is 4.72 Å². The molecule has 0 bridgehead atoms. The number of nitrogen functional groups attached to an aromatic ring is 1. The van der Waals surface area contributed by atoms with Crippen molar-refractivity contribution in [3.05, 3.63) is 53.6 Å². The number of benzene rings is 2. The van der Waals surface area contributed by atoms with Crippen LogP contribution in [0.3, 0.4) is 0 Å². The van der Waals surface area contributed by atoms with Crippen molar-refractivity contribution >= 4 is 21.4 Å². The topological polar surface area (TPSA) is 72.2 Å². The van der Waals surface area contributed by atoms with Crippen LogP contribution in [-0.2, 0) is 10.0 Å². The fourth-order valence-corrected chi connectivity index (χ4v) is 3.41. The van der Waals surface area contributed by atoms with Crippen molar-refractivity contribution in [1.82, 2.24) is 0 Å². The molecule has 0 radical (unpaired) electrons. The summed E-state index contributed by atoms with van der Waals surface area (Å²) >= 11 is 0. The molecule has 0 saturated carbocycles. The first-order chi connectivity index (χ1) is 9.81. The minimum absolute atomic E-state index is 0.103. The molecule has 0 unspecified atom stereocenters. The Morgan fingerprint density at radius 3 is 2.38 bits per heavy atom. The summed E-state index contributed by atoms with van der Waals surface area (Å²) in [7, 11) is -3.69. The second-order valence-corrected chi connectivity index (χ2v) is 7.04. The number of nitrogens with one attached hydrogen (secondary N) is 1. The van der Waals surface area contributed by atoms with Crippen molar-refractivity contribution in [1.29, 1.82) is 0 Å². The van der Waals surface area contributed by atoms with Crippen molar-refractivity contribution in [3.8, 4) is 0 Å². The number of hydrogen-bond donors (Lipinski definition) is 2. The lowest BCUT2D eigenvalue weighted by atomic mass is 10.0. The number of sulfonamides is 1. The van der Waals surface area contributed by atoms with Crippen LogP contribution in [0, 0.1) is 6.92 Å². The van der Waals surface area contributed by atoms with Crippen LogP contribution < -0.4 is 10.5 Å². The van der Waals surface area contributed by atoms with E-state index in [9.17, 15) is 8.42 Å². The van der Waals surface area contributed by atoms with Gasteiger partial charge in [-0.2, -0.15) is 0 Å². The lowest BCUT2D eigenvalue weighted by Gasteiger charge is -2.15. The highest BCUT2D eigenvalue weighted by Crippen LogP contribution is 2.28.